The van der Waals surface area contributed by atoms with Crippen LogP contribution in [0, 0.1) is 5.92 Å². The summed E-state index contributed by atoms with van der Waals surface area (Å²) < 4.78 is 0. The molecule has 0 aromatic rings. The average Bonchev–Trinajstić information content (AvgIpc) is 2.84. The SMILES string of the molecule is C1CCCCCCC(NCCCCCCCC2CCCCCCCCCC2)CCCCC1. The van der Waals surface area contributed by atoms with E-state index in [0.29, 0.717) is 0 Å². The number of hydrogen-bond donors (Lipinski definition) is 1. The Morgan fingerprint density at radius 3 is 1.25 bits per heavy atom. The minimum absolute atomic E-state index is 0.813. The highest BCUT2D eigenvalue weighted by molar-refractivity contribution is 4.68. The summed E-state index contributed by atoms with van der Waals surface area (Å²) in [5.74, 6) is 1.06. The smallest absolute Gasteiger partial charge is 0.00670 e. The molecule has 190 valence electrons. The van der Waals surface area contributed by atoms with Gasteiger partial charge in [0.15, 0.2) is 0 Å². The maximum atomic E-state index is 3.96. The van der Waals surface area contributed by atoms with Crippen molar-refractivity contribution in [3.63, 3.8) is 0 Å². The molecule has 2 aliphatic rings. The van der Waals surface area contributed by atoms with E-state index < -0.39 is 0 Å². The van der Waals surface area contributed by atoms with E-state index in [1.807, 2.05) is 0 Å². The predicted octanol–water partition coefficient (Wildman–Crippen LogP) is 10.5. The molecule has 0 aromatic carbocycles. The summed E-state index contributed by atoms with van der Waals surface area (Å²) in [5.41, 5.74) is 0. The van der Waals surface area contributed by atoms with Crippen molar-refractivity contribution in [2.75, 3.05) is 6.54 Å². The molecule has 0 radical (unpaired) electrons. The number of unbranched alkanes of at least 4 members (excludes halogenated alkanes) is 4. The highest BCUT2D eigenvalue weighted by atomic mass is 14.9. The zero-order chi connectivity index (χ0) is 22.4. The van der Waals surface area contributed by atoms with E-state index >= 15 is 0 Å². The van der Waals surface area contributed by atoms with Gasteiger partial charge in [-0.1, -0.05) is 161 Å². The predicted molar refractivity (Wildman–Crippen MR) is 145 cm³/mol. The van der Waals surface area contributed by atoms with Gasteiger partial charge in [-0.3, -0.25) is 0 Å². The molecule has 0 aliphatic heterocycles. The Morgan fingerprint density at radius 1 is 0.375 bits per heavy atom. The van der Waals surface area contributed by atoms with Crippen molar-refractivity contribution in [1.82, 2.24) is 5.32 Å². The molecule has 1 N–H and O–H groups in total. The van der Waals surface area contributed by atoms with Crippen molar-refractivity contribution in [3.05, 3.63) is 0 Å². The molecule has 0 bridgehead atoms. The van der Waals surface area contributed by atoms with Gasteiger partial charge in [0.2, 0.25) is 0 Å². The van der Waals surface area contributed by atoms with Gasteiger partial charge in [0.25, 0.3) is 0 Å². The molecule has 1 nitrogen and oxygen atoms in total. The summed E-state index contributed by atoms with van der Waals surface area (Å²) in [6.07, 6.45) is 41.6. The van der Waals surface area contributed by atoms with E-state index in [1.54, 1.807) is 0 Å². The second kappa shape index (κ2) is 21.5. The minimum Gasteiger partial charge on any atom is -0.314 e. The monoisotopic (exact) mass is 447 g/mol. The Bertz CT molecular complexity index is 353. The zero-order valence-electron chi connectivity index (χ0n) is 22.2. The molecule has 0 atom stereocenters. The Morgan fingerprint density at radius 2 is 0.750 bits per heavy atom. The molecular weight excluding hydrogens is 386 g/mol. The number of rotatable bonds is 9. The van der Waals surface area contributed by atoms with Crippen LogP contribution >= 0.6 is 0 Å². The molecule has 0 spiro atoms. The first-order chi connectivity index (χ1) is 15.9. The first-order valence-corrected chi connectivity index (χ1v) is 15.7. The van der Waals surface area contributed by atoms with Crippen LogP contribution < -0.4 is 5.32 Å². The maximum Gasteiger partial charge on any atom is 0.00670 e. The lowest BCUT2D eigenvalue weighted by Crippen LogP contribution is -2.30. The standard InChI is InChI=1S/C31H61N/c1-2-4-10-16-22-28-31(27-21-15-9-3-1)32-29-23-17-11-14-20-26-30-24-18-12-7-5-6-8-13-19-25-30/h30-32H,1-29H2. The van der Waals surface area contributed by atoms with Crippen molar-refractivity contribution in [3.8, 4) is 0 Å². The third-order valence-corrected chi connectivity index (χ3v) is 8.55. The summed E-state index contributed by atoms with van der Waals surface area (Å²) >= 11 is 0. The third kappa shape index (κ3) is 16.6. The molecular formula is C31H61N. The second-order valence-electron chi connectivity index (χ2n) is 11.6. The van der Waals surface area contributed by atoms with Crippen molar-refractivity contribution < 1.29 is 0 Å². The van der Waals surface area contributed by atoms with Gasteiger partial charge < -0.3 is 5.32 Å². The van der Waals surface area contributed by atoms with Gasteiger partial charge in [0.1, 0.15) is 0 Å². The Hall–Kier alpha value is -0.0400. The number of nitrogens with one attached hydrogen (secondary N) is 1. The third-order valence-electron chi connectivity index (χ3n) is 8.55. The van der Waals surface area contributed by atoms with E-state index in [1.165, 1.54) is 186 Å². The van der Waals surface area contributed by atoms with Crippen LogP contribution in [0.1, 0.15) is 180 Å². The minimum atomic E-state index is 0.813. The molecule has 1 heteroatoms. The van der Waals surface area contributed by atoms with Crippen molar-refractivity contribution >= 4 is 0 Å². The second-order valence-corrected chi connectivity index (χ2v) is 11.6. The lowest BCUT2D eigenvalue weighted by molar-refractivity contribution is 0.371. The highest BCUT2D eigenvalue weighted by Crippen LogP contribution is 2.25. The fourth-order valence-electron chi connectivity index (χ4n) is 6.30. The molecule has 0 heterocycles. The highest BCUT2D eigenvalue weighted by Gasteiger charge is 2.10. The van der Waals surface area contributed by atoms with Gasteiger partial charge in [-0.15, -0.1) is 0 Å². The fourth-order valence-corrected chi connectivity index (χ4v) is 6.30. The van der Waals surface area contributed by atoms with Crippen molar-refractivity contribution in [2.45, 2.75) is 186 Å². The van der Waals surface area contributed by atoms with Gasteiger partial charge in [-0.2, -0.15) is 0 Å². The van der Waals surface area contributed by atoms with Crippen LogP contribution in [-0.4, -0.2) is 12.6 Å². The normalized spacial score (nSPS) is 22.9. The van der Waals surface area contributed by atoms with Crippen LogP contribution in [0.25, 0.3) is 0 Å². The van der Waals surface area contributed by atoms with Crippen LogP contribution in [0.4, 0.5) is 0 Å². The van der Waals surface area contributed by atoms with Crippen LogP contribution in [0.15, 0.2) is 0 Å². The lowest BCUT2D eigenvalue weighted by Gasteiger charge is -2.19. The quantitative estimate of drug-likeness (QED) is 0.346. The molecule has 0 aromatic heterocycles. The largest absolute Gasteiger partial charge is 0.314 e. The molecule has 2 rings (SSSR count). The lowest BCUT2D eigenvalue weighted by atomic mass is 9.90. The molecule has 2 aliphatic carbocycles. The number of hydrogen-bond acceptors (Lipinski definition) is 1. The van der Waals surface area contributed by atoms with Gasteiger partial charge in [-0.05, 0) is 31.7 Å². The molecule has 0 amide bonds. The van der Waals surface area contributed by atoms with Gasteiger partial charge in [0, 0.05) is 6.04 Å². The summed E-state index contributed by atoms with van der Waals surface area (Å²) in [7, 11) is 0. The summed E-state index contributed by atoms with van der Waals surface area (Å²) in [6.45, 7) is 1.27. The van der Waals surface area contributed by atoms with E-state index in [0.717, 1.165) is 12.0 Å². The molecule has 0 unspecified atom stereocenters. The Labute approximate surface area is 203 Å². The summed E-state index contributed by atoms with van der Waals surface area (Å²) in [5, 5.41) is 3.96. The van der Waals surface area contributed by atoms with E-state index in [-0.39, 0.29) is 0 Å². The first-order valence-electron chi connectivity index (χ1n) is 15.7. The summed E-state index contributed by atoms with van der Waals surface area (Å²) in [4.78, 5) is 0. The van der Waals surface area contributed by atoms with Crippen LogP contribution in [0.2, 0.25) is 0 Å². The molecule has 2 fully saturated rings. The van der Waals surface area contributed by atoms with Crippen LogP contribution in [0.3, 0.4) is 0 Å². The maximum absolute atomic E-state index is 3.96. The van der Waals surface area contributed by atoms with Crippen molar-refractivity contribution in [1.29, 1.82) is 0 Å². The summed E-state index contributed by atoms with van der Waals surface area (Å²) in [6, 6.07) is 0.813. The van der Waals surface area contributed by atoms with Gasteiger partial charge in [-0.25, -0.2) is 0 Å². The molecule has 32 heavy (non-hydrogen) atoms. The Kier molecular flexibility index (Phi) is 18.9. The zero-order valence-corrected chi connectivity index (χ0v) is 22.2. The van der Waals surface area contributed by atoms with Gasteiger partial charge in [0.05, 0.1) is 0 Å². The van der Waals surface area contributed by atoms with E-state index in [4.69, 9.17) is 0 Å². The van der Waals surface area contributed by atoms with E-state index in [9.17, 15) is 0 Å². The van der Waals surface area contributed by atoms with Crippen LogP contribution in [-0.2, 0) is 0 Å². The van der Waals surface area contributed by atoms with Crippen LogP contribution in [0.5, 0.6) is 0 Å². The first kappa shape index (κ1) is 28.2. The topological polar surface area (TPSA) is 12.0 Å². The van der Waals surface area contributed by atoms with Gasteiger partial charge >= 0.3 is 0 Å². The fraction of sp³-hybridized carbons (Fsp3) is 1.00. The van der Waals surface area contributed by atoms with Crippen molar-refractivity contribution in [2.24, 2.45) is 5.92 Å². The Balaban J connectivity index is 1.47. The average molecular weight is 448 g/mol. The van der Waals surface area contributed by atoms with E-state index in [2.05, 4.69) is 5.32 Å². The molecule has 0 saturated heterocycles. The molecule has 2 saturated carbocycles.